The molecule has 0 bridgehead atoms. The molecule has 140 valence electrons. The lowest BCUT2D eigenvalue weighted by atomic mass is 9.88. The molecule has 0 unspecified atom stereocenters. The molecule has 1 N–H and O–H groups in total. The van der Waals surface area contributed by atoms with Gasteiger partial charge in [0, 0.05) is 30.2 Å². The van der Waals surface area contributed by atoms with Crippen LogP contribution in [0, 0.1) is 19.7 Å². The predicted octanol–water partition coefficient (Wildman–Crippen LogP) is 4.78. The summed E-state index contributed by atoms with van der Waals surface area (Å²) in [5.74, 6) is -0.390. The largest absolute Gasteiger partial charge is 0.356 e. The Morgan fingerprint density at radius 3 is 2.37 bits per heavy atom. The SMILES string of the molecule is Cc1nc(CCNC(=O)C[C@@H](c2ccccc2)c2ccc(F)cc2)sc1C. The highest BCUT2D eigenvalue weighted by Gasteiger charge is 2.18. The van der Waals surface area contributed by atoms with E-state index in [1.807, 2.05) is 37.3 Å². The molecule has 2 aromatic carbocycles. The summed E-state index contributed by atoms with van der Waals surface area (Å²) in [6.07, 6.45) is 1.06. The number of benzene rings is 2. The highest BCUT2D eigenvalue weighted by molar-refractivity contribution is 7.11. The van der Waals surface area contributed by atoms with Crippen LogP contribution in [0.5, 0.6) is 0 Å². The first kappa shape index (κ1) is 19.2. The molecule has 0 fully saturated rings. The van der Waals surface area contributed by atoms with Gasteiger partial charge in [-0.1, -0.05) is 42.5 Å². The second kappa shape index (κ2) is 8.91. The third-order valence-electron chi connectivity index (χ3n) is 4.60. The number of nitrogens with one attached hydrogen (secondary N) is 1. The number of carbonyl (C=O) groups is 1. The number of carbonyl (C=O) groups excluding carboxylic acids is 1. The second-order valence-corrected chi connectivity index (χ2v) is 7.86. The molecule has 0 aliphatic heterocycles. The van der Waals surface area contributed by atoms with Crippen molar-refractivity contribution < 1.29 is 9.18 Å². The van der Waals surface area contributed by atoms with Gasteiger partial charge in [-0.3, -0.25) is 4.79 Å². The van der Waals surface area contributed by atoms with E-state index in [0.29, 0.717) is 13.0 Å². The number of hydrogen-bond acceptors (Lipinski definition) is 3. The number of nitrogens with zero attached hydrogens (tertiary/aromatic N) is 1. The number of aromatic nitrogens is 1. The van der Waals surface area contributed by atoms with Gasteiger partial charge in [0.05, 0.1) is 10.7 Å². The molecule has 0 aliphatic rings. The minimum absolute atomic E-state index is 0.0156. The van der Waals surface area contributed by atoms with Crippen molar-refractivity contribution in [2.75, 3.05) is 6.54 Å². The van der Waals surface area contributed by atoms with Crippen LogP contribution in [0.1, 0.15) is 39.0 Å². The highest BCUT2D eigenvalue weighted by Crippen LogP contribution is 2.28. The molecule has 1 aromatic heterocycles. The molecule has 3 aromatic rings. The van der Waals surface area contributed by atoms with Crippen molar-refractivity contribution in [2.24, 2.45) is 0 Å². The van der Waals surface area contributed by atoms with Crippen LogP contribution in [-0.2, 0) is 11.2 Å². The molecule has 1 amide bonds. The first-order chi connectivity index (χ1) is 13.0. The number of halogens is 1. The maximum absolute atomic E-state index is 13.3. The summed E-state index contributed by atoms with van der Waals surface area (Å²) in [4.78, 5) is 18.2. The van der Waals surface area contributed by atoms with Gasteiger partial charge in [-0.2, -0.15) is 0 Å². The fraction of sp³-hybridized carbons (Fsp3) is 0.273. The van der Waals surface area contributed by atoms with Gasteiger partial charge in [0.1, 0.15) is 5.82 Å². The van der Waals surface area contributed by atoms with Crippen LogP contribution in [0.4, 0.5) is 4.39 Å². The zero-order valence-electron chi connectivity index (χ0n) is 15.5. The molecule has 3 nitrogen and oxygen atoms in total. The van der Waals surface area contributed by atoms with Gasteiger partial charge in [0.2, 0.25) is 5.91 Å². The standard InChI is InChI=1S/C22H23FN2OS/c1-15-16(2)27-22(25-15)12-13-24-21(26)14-20(17-6-4-3-5-7-17)18-8-10-19(23)11-9-18/h3-11,20H,12-14H2,1-2H3,(H,24,26)/t20-/m0/s1. The molecule has 27 heavy (non-hydrogen) atoms. The van der Waals surface area contributed by atoms with E-state index < -0.39 is 0 Å². The summed E-state index contributed by atoms with van der Waals surface area (Å²) in [6.45, 7) is 4.62. The van der Waals surface area contributed by atoms with Crippen LogP contribution >= 0.6 is 11.3 Å². The lowest BCUT2D eigenvalue weighted by Crippen LogP contribution is -2.27. The Morgan fingerprint density at radius 1 is 1.07 bits per heavy atom. The van der Waals surface area contributed by atoms with Crippen molar-refractivity contribution in [3.8, 4) is 0 Å². The highest BCUT2D eigenvalue weighted by atomic mass is 32.1. The average molecular weight is 383 g/mol. The number of aryl methyl sites for hydroxylation is 2. The van der Waals surface area contributed by atoms with Crippen LogP contribution in [0.25, 0.3) is 0 Å². The maximum atomic E-state index is 13.3. The Labute approximate surface area is 163 Å². The van der Waals surface area contributed by atoms with Gasteiger partial charge in [0.15, 0.2) is 0 Å². The summed E-state index contributed by atoms with van der Waals surface area (Å²) < 4.78 is 13.3. The van der Waals surface area contributed by atoms with Crippen LogP contribution in [0.3, 0.4) is 0 Å². The smallest absolute Gasteiger partial charge is 0.220 e. The zero-order valence-corrected chi connectivity index (χ0v) is 16.4. The monoisotopic (exact) mass is 382 g/mol. The van der Waals surface area contributed by atoms with Gasteiger partial charge < -0.3 is 5.32 Å². The third-order valence-corrected chi connectivity index (χ3v) is 5.73. The Bertz CT molecular complexity index is 871. The van der Waals surface area contributed by atoms with Crippen molar-refractivity contribution in [1.82, 2.24) is 10.3 Å². The molecule has 0 radical (unpaired) electrons. The first-order valence-corrected chi connectivity index (χ1v) is 9.84. The summed E-state index contributed by atoms with van der Waals surface area (Å²) in [5, 5.41) is 4.04. The summed E-state index contributed by atoms with van der Waals surface area (Å²) in [6, 6.07) is 16.2. The van der Waals surface area contributed by atoms with Crippen LogP contribution < -0.4 is 5.32 Å². The molecule has 3 rings (SSSR count). The minimum Gasteiger partial charge on any atom is -0.356 e. The van der Waals surface area contributed by atoms with Gasteiger partial charge in [-0.05, 0) is 37.1 Å². The van der Waals surface area contributed by atoms with Crippen LogP contribution in [0.2, 0.25) is 0 Å². The Kier molecular flexibility index (Phi) is 6.35. The van der Waals surface area contributed by atoms with Crippen molar-refractivity contribution in [3.05, 3.63) is 87.1 Å². The van der Waals surface area contributed by atoms with Crippen molar-refractivity contribution in [2.45, 2.75) is 32.6 Å². The third kappa shape index (κ3) is 5.23. The quantitative estimate of drug-likeness (QED) is 0.639. The number of hydrogen-bond donors (Lipinski definition) is 1. The predicted molar refractivity (Wildman–Crippen MR) is 108 cm³/mol. The van der Waals surface area contributed by atoms with Crippen molar-refractivity contribution in [1.29, 1.82) is 0 Å². The average Bonchev–Trinajstić information content (AvgIpc) is 2.99. The van der Waals surface area contributed by atoms with Gasteiger partial charge in [-0.15, -0.1) is 11.3 Å². The van der Waals surface area contributed by atoms with Gasteiger partial charge in [-0.25, -0.2) is 9.37 Å². The molecule has 1 heterocycles. The Morgan fingerprint density at radius 2 is 1.74 bits per heavy atom. The van der Waals surface area contributed by atoms with E-state index in [2.05, 4.69) is 17.2 Å². The molecule has 0 spiro atoms. The lowest BCUT2D eigenvalue weighted by molar-refractivity contribution is -0.121. The van der Waals surface area contributed by atoms with E-state index in [0.717, 1.165) is 28.2 Å². The molecule has 1 atom stereocenters. The zero-order chi connectivity index (χ0) is 19.2. The number of amides is 1. The van der Waals surface area contributed by atoms with Gasteiger partial charge in [0.25, 0.3) is 0 Å². The summed E-state index contributed by atoms with van der Waals surface area (Å²) >= 11 is 1.68. The van der Waals surface area contributed by atoms with Crippen LogP contribution in [0.15, 0.2) is 54.6 Å². The first-order valence-electron chi connectivity index (χ1n) is 9.03. The topological polar surface area (TPSA) is 42.0 Å². The van der Waals surface area contributed by atoms with E-state index in [1.165, 1.54) is 17.0 Å². The van der Waals surface area contributed by atoms with E-state index in [-0.39, 0.29) is 17.6 Å². The maximum Gasteiger partial charge on any atom is 0.220 e. The van der Waals surface area contributed by atoms with E-state index in [4.69, 9.17) is 0 Å². The van der Waals surface area contributed by atoms with E-state index in [1.54, 1.807) is 23.5 Å². The molecule has 5 heteroatoms. The van der Waals surface area contributed by atoms with E-state index in [9.17, 15) is 9.18 Å². The fourth-order valence-corrected chi connectivity index (χ4v) is 3.95. The van der Waals surface area contributed by atoms with Gasteiger partial charge >= 0.3 is 0 Å². The normalized spacial score (nSPS) is 12.0. The second-order valence-electron chi connectivity index (χ2n) is 6.57. The Hall–Kier alpha value is -2.53. The molecular formula is C22H23FN2OS. The molecule has 0 saturated carbocycles. The molecular weight excluding hydrogens is 359 g/mol. The molecule has 0 saturated heterocycles. The molecule has 0 aliphatic carbocycles. The van der Waals surface area contributed by atoms with Crippen molar-refractivity contribution in [3.63, 3.8) is 0 Å². The van der Waals surface area contributed by atoms with Crippen LogP contribution in [-0.4, -0.2) is 17.4 Å². The summed E-state index contributed by atoms with van der Waals surface area (Å²) in [7, 11) is 0. The lowest BCUT2D eigenvalue weighted by Gasteiger charge is -2.18. The van der Waals surface area contributed by atoms with E-state index >= 15 is 0 Å². The number of thiazole rings is 1. The Balaban J connectivity index is 1.64. The number of rotatable bonds is 7. The summed E-state index contributed by atoms with van der Waals surface area (Å²) in [5.41, 5.74) is 3.04. The van der Waals surface area contributed by atoms with Crippen molar-refractivity contribution >= 4 is 17.2 Å². The fourth-order valence-electron chi connectivity index (χ4n) is 3.02. The minimum atomic E-state index is -0.274.